The van der Waals surface area contributed by atoms with Gasteiger partial charge < -0.3 is 0 Å². The molecule has 0 fully saturated rings. The number of nitrogens with two attached hydrogens (primary N) is 1. The fourth-order valence-corrected chi connectivity index (χ4v) is 0. The maximum atomic E-state index is 9.66. The molecule has 0 amide bonds. The summed E-state index contributed by atoms with van der Waals surface area (Å²) in [6.45, 7) is 2.92. The van der Waals surface area contributed by atoms with Gasteiger partial charge in [-0.2, -0.15) is 0 Å². The second kappa shape index (κ2) is 5.37. The Hall–Kier alpha value is 0.230. The zero-order valence-electron chi connectivity index (χ0n) is 3.90. The van der Waals surface area contributed by atoms with E-state index in [2.05, 4.69) is 11.7 Å². The highest BCUT2D eigenvalue weighted by Crippen LogP contribution is 1.69. The van der Waals surface area contributed by atoms with Crippen molar-refractivity contribution < 1.29 is 8.42 Å². The highest BCUT2D eigenvalue weighted by molar-refractivity contribution is 7.92. The number of hydrogen-bond acceptors (Lipinski definition) is 2. The molecule has 0 saturated heterocycles. The van der Waals surface area contributed by atoms with Crippen molar-refractivity contribution in [3.05, 3.63) is 12.0 Å². The van der Waals surface area contributed by atoms with E-state index in [1.54, 1.807) is 0 Å². The quantitative estimate of drug-likeness (QED) is 0.629. The van der Waals surface area contributed by atoms with Crippen LogP contribution in [0.1, 0.15) is 0 Å². The first kappa shape index (κ1) is 15.7. The third kappa shape index (κ3) is 16.3. The molecule has 0 unspecified atom stereocenters. The molecule has 0 saturated carbocycles. The van der Waals surface area contributed by atoms with E-state index in [0.29, 0.717) is 5.41 Å². The summed E-state index contributed by atoms with van der Waals surface area (Å²) >= 11 is 0. The summed E-state index contributed by atoms with van der Waals surface area (Å²) in [5.74, 6) is 0. The first-order valence-corrected chi connectivity index (χ1v) is 2.82. The lowest BCUT2D eigenvalue weighted by molar-refractivity contribution is 0.606. The molecule has 0 spiro atoms. The SMILES string of the molecule is C=CS(N)(=O)=O.Cl.Cl. The number of primary sulfonamides is 1. The normalized spacial score (nSPS) is 8.12. The molecule has 3 nitrogen and oxygen atoms in total. The van der Waals surface area contributed by atoms with Gasteiger partial charge in [0.2, 0.25) is 10.0 Å². The van der Waals surface area contributed by atoms with E-state index >= 15 is 0 Å². The lowest BCUT2D eigenvalue weighted by Gasteiger charge is -1.75. The van der Waals surface area contributed by atoms with Crippen molar-refractivity contribution in [2.45, 2.75) is 0 Å². The minimum atomic E-state index is -3.40. The first-order chi connectivity index (χ1) is 2.56. The summed E-state index contributed by atoms with van der Waals surface area (Å²) in [7, 11) is -3.40. The van der Waals surface area contributed by atoms with Crippen LogP contribution >= 0.6 is 24.8 Å². The van der Waals surface area contributed by atoms with Crippen molar-refractivity contribution in [3.63, 3.8) is 0 Å². The molecule has 0 aliphatic rings. The first-order valence-electron chi connectivity index (χ1n) is 1.21. The van der Waals surface area contributed by atoms with Crippen LogP contribution in [0.25, 0.3) is 0 Å². The highest BCUT2D eigenvalue weighted by atomic mass is 35.5. The van der Waals surface area contributed by atoms with Crippen LogP contribution in [0.15, 0.2) is 12.0 Å². The molecule has 0 radical (unpaired) electrons. The zero-order chi connectivity index (χ0) is 5.21. The summed E-state index contributed by atoms with van der Waals surface area (Å²) in [5, 5.41) is 5.08. The molecule has 0 aromatic heterocycles. The van der Waals surface area contributed by atoms with Gasteiger partial charge in [0.25, 0.3) is 0 Å². The lowest BCUT2D eigenvalue weighted by Crippen LogP contribution is -2.05. The van der Waals surface area contributed by atoms with Gasteiger partial charge in [0.05, 0.1) is 0 Å². The molecule has 0 atom stereocenters. The van der Waals surface area contributed by atoms with Crippen molar-refractivity contribution >= 4 is 34.8 Å². The molecule has 0 aromatic rings. The third-order valence-electron chi connectivity index (χ3n) is 0.232. The van der Waals surface area contributed by atoms with E-state index in [-0.39, 0.29) is 24.8 Å². The van der Waals surface area contributed by atoms with Gasteiger partial charge in [-0.1, -0.05) is 6.58 Å². The summed E-state index contributed by atoms with van der Waals surface area (Å²) in [4.78, 5) is 0. The van der Waals surface area contributed by atoms with E-state index in [1.807, 2.05) is 0 Å². The summed E-state index contributed by atoms with van der Waals surface area (Å²) in [6.07, 6.45) is 0. The average Bonchev–Trinajstić information content (AvgIpc) is 1.35. The molecule has 6 heteroatoms. The molecule has 8 heavy (non-hydrogen) atoms. The smallest absolute Gasteiger partial charge is 0.225 e. The van der Waals surface area contributed by atoms with Crippen LogP contribution < -0.4 is 5.14 Å². The van der Waals surface area contributed by atoms with Gasteiger partial charge in [-0.3, -0.25) is 0 Å². The van der Waals surface area contributed by atoms with Crippen molar-refractivity contribution in [3.8, 4) is 0 Å². The van der Waals surface area contributed by atoms with E-state index in [1.165, 1.54) is 0 Å². The van der Waals surface area contributed by atoms with Crippen molar-refractivity contribution in [2.24, 2.45) is 5.14 Å². The number of hydrogen-bond donors (Lipinski definition) is 1. The Morgan fingerprint density at radius 1 is 1.38 bits per heavy atom. The van der Waals surface area contributed by atoms with Crippen molar-refractivity contribution in [1.82, 2.24) is 0 Å². The van der Waals surface area contributed by atoms with E-state index in [9.17, 15) is 8.42 Å². The molecular weight excluding hydrogens is 173 g/mol. The van der Waals surface area contributed by atoms with Gasteiger partial charge in [0.15, 0.2) is 0 Å². The maximum absolute atomic E-state index is 9.66. The lowest BCUT2D eigenvalue weighted by atomic mass is 11.3. The molecule has 52 valence electrons. The molecule has 0 bridgehead atoms. The molecule has 0 rings (SSSR count). The Morgan fingerprint density at radius 3 is 1.50 bits per heavy atom. The van der Waals surface area contributed by atoms with Crippen LogP contribution in [0.2, 0.25) is 0 Å². The molecule has 0 heterocycles. The second-order valence-electron chi connectivity index (χ2n) is 0.756. The summed E-state index contributed by atoms with van der Waals surface area (Å²) in [5.41, 5.74) is 0. The Kier molecular flexibility index (Phi) is 10.6. The highest BCUT2D eigenvalue weighted by Gasteiger charge is 1.85. The second-order valence-corrected chi connectivity index (χ2v) is 2.27. The van der Waals surface area contributed by atoms with E-state index in [0.717, 1.165) is 0 Å². The van der Waals surface area contributed by atoms with Gasteiger partial charge in [-0.25, -0.2) is 13.6 Å². The van der Waals surface area contributed by atoms with Gasteiger partial charge in [0.1, 0.15) is 0 Å². The summed E-state index contributed by atoms with van der Waals surface area (Å²) < 4.78 is 19.3. The Bertz CT molecular complexity index is 129. The molecule has 2 N–H and O–H groups in total. The fourth-order valence-electron chi connectivity index (χ4n) is 0. The van der Waals surface area contributed by atoms with Crippen LogP contribution in [-0.2, 0) is 10.0 Å². The third-order valence-corrected chi connectivity index (χ3v) is 0.697. The van der Waals surface area contributed by atoms with Crippen LogP contribution in [-0.4, -0.2) is 8.42 Å². The average molecular weight is 180 g/mol. The van der Waals surface area contributed by atoms with Gasteiger partial charge in [0, 0.05) is 5.41 Å². The van der Waals surface area contributed by atoms with E-state index in [4.69, 9.17) is 0 Å². The van der Waals surface area contributed by atoms with Gasteiger partial charge in [-0.05, 0) is 0 Å². The number of sulfonamides is 1. The van der Waals surface area contributed by atoms with E-state index < -0.39 is 10.0 Å². The number of halogens is 2. The Balaban J connectivity index is -0.000000125. The summed E-state index contributed by atoms with van der Waals surface area (Å²) in [6, 6.07) is 0. The van der Waals surface area contributed by atoms with Crippen molar-refractivity contribution in [1.29, 1.82) is 0 Å². The molecular formula is C2H7Cl2NO2S. The molecule has 0 aromatic carbocycles. The van der Waals surface area contributed by atoms with Crippen LogP contribution in [0, 0.1) is 0 Å². The topological polar surface area (TPSA) is 60.2 Å². The predicted molar refractivity (Wildman–Crippen MR) is 37.8 cm³/mol. The minimum Gasteiger partial charge on any atom is -0.225 e. The van der Waals surface area contributed by atoms with Crippen molar-refractivity contribution in [2.75, 3.05) is 0 Å². The fraction of sp³-hybridized carbons (Fsp3) is 0. The standard InChI is InChI=1S/C2H5NO2S.2ClH/c1-2-6(3,4)5;;/h2H,1H2,(H2,3,4,5);2*1H. The maximum Gasteiger partial charge on any atom is 0.230 e. The monoisotopic (exact) mass is 179 g/mol. The van der Waals surface area contributed by atoms with Gasteiger partial charge >= 0.3 is 0 Å². The molecule has 0 aliphatic heterocycles. The van der Waals surface area contributed by atoms with Crippen LogP contribution in [0.5, 0.6) is 0 Å². The predicted octanol–water partition coefficient (Wildman–Crippen LogP) is 0.262. The largest absolute Gasteiger partial charge is 0.230 e. The van der Waals surface area contributed by atoms with Crippen LogP contribution in [0.4, 0.5) is 0 Å². The zero-order valence-corrected chi connectivity index (χ0v) is 6.35. The minimum absolute atomic E-state index is 0. The van der Waals surface area contributed by atoms with Crippen LogP contribution in [0.3, 0.4) is 0 Å². The molecule has 0 aliphatic carbocycles. The Morgan fingerprint density at radius 2 is 1.50 bits per heavy atom. The Labute approximate surface area is 60.8 Å². The van der Waals surface area contributed by atoms with Gasteiger partial charge in [-0.15, -0.1) is 24.8 Å². The number of rotatable bonds is 1.